The molecule has 2 N–H and O–H groups in total. The molecule has 0 aliphatic carbocycles. The molecule has 0 bridgehead atoms. The number of nitrogens with one attached hydrogen (secondary N) is 2. The van der Waals surface area contributed by atoms with Gasteiger partial charge in [-0.3, -0.25) is 0 Å². The summed E-state index contributed by atoms with van der Waals surface area (Å²) >= 11 is 0. The molecule has 162 valence electrons. The summed E-state index contributed by atoms with van der Waals surface area (Å²) in [6.07, 6.45) is 3.00. The van der Waals surface area contributed by atoms with E-state index >= 15 is 0 Å². The molecule has 1 aliphatic rings. The van der Waals surface area contributed by atoms with Crippen LogP contribution in [0.2, 0.25) is 0 Å². The van der Waals surface area contributed by atoms with Crippen molar-refractivity contribution >= 4 is 11.7 Å². The normalized spacial score (nSPS) is 28.7. The second-order valence-corrected chi connectivity index (χ2v) is 9.28. The molecule has 4 atom stereocenters. The average Bonchev–Trinajstić information content (AvgIpc) is 2.76. The second kappa shape index (κ2) is 9.22. The number of hydrogen-bond acceptors (Lipinski definition) is 2. The first-order valence-electron chi connectivity index (χ1n) is 11.3. The van der Waals surface area contributed by atoms with Gasteiger partial charge in [-0.2, -0.15) is 0 Å². The quantitative estimate of drug-likeness (QED) is 0.612. The summed E-state index contributed by atoms with van der Waals surface area (Å²) in [6.45, 7) is 12.0. The predicted molar refractivity (Wildman–Crippen MR) is 126 cm³/mol. The minimum atomic E-state index is -0.0271. The van der Waals surface area contributed by atoms with Gasteiger partial charge in [0.15, 0.2) is 0 Å². The minimum absolute atomic E-state index is 0.00387. The molecule has 4 nitrogen and oxygen atoms in total. The van der Waals surface area contributed by atoms with Gasteiger partial charge in [-0.25, -0.2) is 4.79 Å². The van der Waals surface area contributed by atoms with Gasteiger partial charge in [0, 0.05) is 29.4 Å². The highest BCUT2D eigenvalue weighted by molar-refractivity contribution is 5.89. The maximum Gasteiger partial charge on any atom is 0.322 e. The van der Waals surface area contributed by atoms with Gasteiger partial charge in [0.25, 0.3) is 0 Å². The molecule has 1 saturated heterocycles. The van der Waals surface area contributed by atoms with Crippen LogP contribution in [-0.4, -0.2) is 28.1 Å². The lowest BCUT2D eigenvalue weighted by molar-refractivity contribution is 0.0140. The van der Waals surface area contributed by atoms with Crippen LogP contribution in [0.1, 0.15) is 59.4 Å². The fraction of sp³-hybridized carbons (Fsp3) is 0.500. The fourth-order valence-electron chi connectivity index (χ4n) is 4.78. The van der Waals surface area contributed by atoms with Gasteiger partial charge in [-0.05, 0) is 56.7 Å². The molecule has 4 unspecified atom stereocenters. The molecule has 2 amide bonds. The van der Waals surface area contributed by atoms with E-state index in [0.29, 0.717) is 12.5 Å². The van der Waals surface area contributed by atoms with Gasteiger partial charge in [-0.15, -0.1) is 0 Å². The van der Waals surface area contributed by atoms with Crippen LogP contribution in [-0.2, 0) is 6.54 Å². The lowest BCUT2D eigenvalue weighted by Gasteiger charge is -2.56. The molecule has 1 fully saturated rings. The molecule has 3 rings (SSSR count). The zero-order valence-corrected chi connectivity index (χ0v) is 19.1. The number of carbonyl (C=O) groups excluding carboxylic acids is 1. The third-order valence-electron chi connectivity index (χ3n) is 7.23. The van der Waals surface area contributed by atoms with Crippen molar-refractivity contribution in [1.29, 1.82) is 0 Å². The third kappa shape index (κ3) is 4.86. The topological polar surface area (TPSA) is 44.4 Å². The zero-order valence-electron chi connectivity index (χ0n) is 19.1. The van der Waals surface area contributed by atoms with Crippen LogP contribution in [0, 0.1) is 5.92 Å². The number of piperidine rings is 1. The van der Waals surface area contributed by atoms with Crippen molar-refractivity contribution in [1.82, 2.24) is 10.2 Å². The third-order valence-corrected chi connectivity index (χ3v) is 7.23. The summed E-state index contributed by atoms with van der Waals surface area (Å²) in [6, 6.07) is 20.2. The van der Waals surface area contributed by atoms with Crippen molar-refractivity contribution in [3.05, 3.63) is 66.2 Å². The molecule has 2 aromatic rings. The molecule has 0 aromatic heterocycles. The highest BCUT2D eigenvalue weighted by Crippen LogP contribution is 2.40. The van der Waals surface area contributed by atoms with Crippen LogP contribution in [0.3, 0.4) is 0 Å². The van der Waals surface area contributed by atoms with Crippen molar-refractivity contribution in [2.45, 2.75) is 77.5 Å². The van der Waals surface area contributed by atoms with Crippen LogP contribution < -0.4 is 10.6 Å². The molecule has 30 heavy (non-hydrogen) atoms. The summed E-state index contributed by atoms with van der Waals surface area (Å²) in [7, 11) is 0. The lowest BCUT2D eigenvalue weighted by atomic mass is 9.68. The Labute approximate surface area is 182 Å². The number of hydrogen-bond donors (Lipinski definition) is 2. The van der Waals surface area contributed by atoms with Crippen molar-refractivity contribution in [3.8, 4) is 0 Å². The first-order valence-corrected chi connectivity index (χ1v) is 11.3. The minimum Gasteiger partial charge on any atom is -0.317 e. The smallest absolute Gasteiger partial charge is 0.317 e. The van der Waals surface area contributed by atoms with Crippen molar-refractivity contribution in [2.24, 2.45) is 5.92 Å². The Morgan fingerprint density at radius 1 is 1.03 bits per heavy atom. The molecular weight excluding hydrogens is 370 g/mol. The Kier molecular flexibility index (Phi) is 6.87. The highest BCUT2D eigenvalue weighted by Gasteiger charge is 2.49. The second-order valence-electron chi connectivity index (χ2n) is 9.28. The van der Waals surface area contributed by atoms with E-state index in [0.717, 1.165) is 30.5 Å². The average molecular weight is 408 g/mol. The number of amides is 2. The van der Waals surface area contributed by atoms with E-state index in [4.69, 9.17) is 0 Å². The lowest BCUT2D eigenvalue weighted by Crippen LogP contribution is -2.69. The van der Waals surface area contributed by atoms with Gasteiger partial charge >= 0.3 is 6.03 Å². The first kappa shape index (κ1) is 22.4. The van der Waals surface area contributed by atoms with Crippen LogP contribution in [0.15, 0.2) is 60.7 Å². The van der Waals surface area contributed by atoms with Crippen LogP contribution in [0.4, 0.5) is 10.5 Å². The molecule has 0 spiro atoms. The number of anilines is 1. The van der Waals surface area contributed by atoms with E-state index in [1.807, 2.05) is 48.5 Å². The Hall–Kier alpha value is -2.33. The Bertz CT molecular complexity index is 825. The standard InChI is InChI=1S/C26H37N3O/c1-6-25(4)18-23(20(3)26(5,7-2)28-25)29(19-21-14-10-8-11-15-21)24(30)27-22-16-12-9-13-17-22/h8-17,20,23,28H,6-7,18-19H2,1-5H3,(H,27,30). The number of para-hydroxylation sites is 1. The molecule has 4 heteroatoms. The number of nitrogens with zero attached hydrogens (tertiary/aromatic N) is 1. The Morgan fingerprint density at radius 2 is 1.63 bits per heavy atom. The van der Waals surface area contributed by atoms with E-state index in [1.165, 1.54) is 0 Å². The predicted octanol–water partition coefficient (Wildman–Crippen LogP) is 6.06. The number of benzene rings is 2. The van der Waals surface area contributed by atoms with Crippen molar-refractivity contribution < 1.29 is 4.79 Å². The number of urea groups is 1. The molecule has 0 radical (unpaired) electrons. The molecule has 1 aliphatic heterocycles. The van der Waals surface area contributed by atoms with E-state index in [2.05, 4.69) is 62.3 Å². The largest absolute Gasteiger partial charge is 0.322 e. The first-order chi connectivity index (χ1) is 14.3. The number of rotatable bonds is 6. The van der Waals surface area contributed by atoms with E-state index in [-0.39, 0.29) is 23.2 Å². The van der Waals surface area contributed by atoms with Crippen LogP contribution in [0.5, 0.6) is 0 Å². The van der Waals surface area contributed by atoms with Gasteiger partial charge in [0.05, 0.1) is 0 Å². The monoisotopic (exact) mass is 407 g/mol. The summed E-state index contributed by atoms with van der Waals surface area (Å²) in [5.41, 5.74) is 1.97. The van der Waals surface area contributed by atoms with Crippen LogP contribution >= 0.6 is 0 Å². The van der Waals surface area contributed by atoms with Crippen molar-refractivity contribution in [3.63, 3.8) is 0 Å². The molecular formula is C26H37N3O. The number of carbonyl (C=O) groups is 1. The fourth-order valence-corrected chi connectivity index (χ4v) is 4.78. The molecule has 2 aromatic carbocycles. The maximum atomic E-state index is 13.6. The summed E-state index contributed by atoms with van der Waals surface area (Å²) < 4.78 is 0. The van der Waals surface area contributed by atoms with Gasteiger partial charge in [0.2, 0.25) is 0 Å². The van der Waals surface area contributed by atoms with E-state index in [1.54, 1.807) is 0 Å². The van der Waals surface area contributed by atoms with Gasteiger partial charge < -0.3 is 15.5 Å². The van der Waals surface area contributed by atoms with Crippen LogP contribution in [0.25, 0.3) is 0 Å². The summed E-state index contributed by atoms with van der Waals surface area (Å²) in [5, 5.41) is 7.07. The SMILES string of the molecule is CCC1(C)CC(N(Cc2ccccc2)C(=O)Nc2ccccc2)C(C)C(C)(CC)N1. The van der Waals surface area contributed by atoms with Gasteiger partial charge in [-0.1, -0.05) is 69.3 Å². The summed E-state index contributed by atoms with van der Waals surface area (Å²) in [4.78, 5) is 15.6. The Balaban J connectivity index is 1.95. The van der Waals surface area contributed by atoms with Gasteiger partial charge in [0.1, 0.15) is 0 Å². The Morgan fingerprint density at radius 3 is 2.20 bits per heavy atom. The van der Waals surface area contributed by atoms with E-state index < -0.39 is 0 Å². The highest BCUT2D eigenvalue weighted by atomic mass is 16.2. The van der Waals surface area contributed by atoms with E-state index in [9.17, 15) is 4.79 Å². The zero-order chi connectivity index (χ0) is 21.8. The maximum absolute atomic E-state index is 13.6. The van der Waals surface area contributed by atoms with Crippen molar-refractivity contribution in [2.75, 3.05) is 5.32 Å². The summed E-state index contributed by atoms with van der Waals surface area (Å²) in [5.74, 6) is 0.326. The molecule has 0 saturated carbocycles. The molecule has 1 heterocycles.